The van der Waals surface area contributed by atoms with E-state index < -0.39 is 94.0 Å². The molecule has 3 N–H and O–H groups in total. The summed E-state index contributed by atoms with van der Waals surface area (Å²) in [5.74, 6) is -3.99. The highest BCUT2D eigenvalue weighted by molar-refractivity contribution is 7.91. The maximum atomic E-state index is 13.9. The smallest absolute Gasteiger partial charge is 0.410 e. The molecule has 5 aliphatic rings. The molecule has 4 bridgehead atoms. The van der Waals surface area contributed by atoms with Crippen LogP contribution >= 0.6 is 0 Å². The summed E-state index contributed by atoms with van der Waals surface area (Å²) in [5.41, 5.74) is 0.885. The van der Waals surface area contributed by atoms with Crippen molar-refractivity contribution in [1.29, 1.82) is 0 Å². The second-order valence-electron chi connectivity index (χ2n) is 13.5. The predicted molar refractivity (Wildman–Crippen MR) is 173 cm³/mol. The number of nitrogens with one attached hydrogen (secondary N) is 3. The van der Waals surface area contributed by atoms with Gasteiger partial charge in [0.25, 0.3) is 5.91 Å². The molecule has 276 valence electrons. The zero-order chi connectivity index (χ0) is 36.7. The maximum Gasteiger partial charge on any atom is 0.410 e. The Bertz CT molecular complexity index is 1770. The van der Waals surface area contributed by atoms with E-state index in [-0.39, 0.29) is 32.5 Å². The molecule has 3 heterocycles. The van der Waals surface area contributed by atoms with Crippen molar-refractivity contribution in [2.75, 3.05) is 13.2 Å². The Morgan fingerprint density at radius 1 is 1.16 bits per heavy atom. The van der Waals surface area contributed by atoms with Crippen LogP contribution in [0, 0.1) is 5.92 Å². The molecule has 1 saturated heterocycles. The SMILES string of the molecule is C=C[C@@H]1C[C@@]1(NC(=O)[C@@H]1C[C@@H]2CN1C(=O)[C@H](CC(F)(F)F)NC(=O)OCCC/C=C/c1cccc3c1CN(C3)C(=O)O2)C(=O)NS(=O)(=O)C1CC1. The fourth-order valence-corrected chi connectivity index (χ4v) is 8.10. The number of carbonyl (C=O) groups excluding carboxylic acids is 5. The first-order valence-electron chi connectivity index (χ1n) is 16.6. The predicted octanol–water partition coefficient (Wildman–Crippen LogP) is 2.63. The van der Waals surface area contributed by atoms with Crippen LogP contribution < -0.4 is 15.4 Å². The third-order valence-electron chi connectivity index (χ3n) is 9.71. The second kappa shape index (κ2) is 13.8. The lowest BCUT2D eigenvalue weighted by atomic mass is 10.0. The summed E-state index contributed by atoms with van der Waals surface area (Å²) in [4.78, 5) is 69.2. The van der Waals surface area contributed by atoms with Crippen LogP contribution in [0.1, 0.15) is 61.6 Å². The molecule has 3 aliphatic heterocycles. The van der Waals surface area contributed by atoms with Gasteiger partial charge in [-0.25, -0.2) is 18.0 Å². The molecule has 3 fully saturated rings. The van der Waals surface area contributed by atoms with Crippen molar-refractivity contribution in [2.24, 2.45) is 5.92 Å². The Kier molecular flexibility index (Phi) is 9.82. The number of ether oxygens (including phenoxy) is 2. The number of alkyl carbamates (subject to hydrolysis) is 1. The summed E-state index contributed by atoms with van der Waals surface area (Å²) in [7, 11) is -4.01. The molecule has 6 rings (SSSR count). The third-order valence-corrected chi connectivity index (χ3v) is 11.5. The summed E-state index contributed by atoms with van der Waals surface area (Å²) >= 11 is 0. The number of halogens is 3. The number of alkyl halides is 3. The molecule has 5 amide bonds. The van der Waals surface area contributed by atoms with Crippen molar-refractivity contribution in [3.05, 3.63) is 53.6 Å². The van der Waals surface area contributed by atoms with Crippen LogP contribution in [0.25, 0.3) is 6.08 Å². The molecule has 1 aromatic rings. The Balaban J connectivity index is 1.27. The van der Waals surface area contributed by atoms with Crippen molar-refractivity contribution in [3.63, 3.8) is 0 Å². The molecule has 0 unspecified atom stereocenters. The lowest BCUT2D eigenvalue weighted by Gasteiger charge is -2.30. The first-order chi connectivity index (χ1) is 24.1. The first-order valence-corrected chi connectivity index (χ1v) is 18.2. The molecule has 0 aromatic heterocycles. The standard InChI is InChI=1S/C33H38F3N5O9S/c1-2-21-14-32(21,29(44)39-51(47,48)23-10-11-23)38-27(42)26-13-22-17-41(26)28(43)25(15-33(34,35)36)37-30(45)49-12-5-3-4-7-19-8-6-9-20-16-40(18-24(19)20)31(46)50-22/h2,4,6-9,21-23,25-26H,1,3,5,10-18H2,(H,37,45)(H,38,42)(H,39,44)/b7-4+/t21-,22-,25+,26+,32+/m1/s1. The van der Waals surface area contributed by atoms with E-state index in [1.807, 2.05) is 40.4 Å². The fraction of sp³-hybridized carbons (Fsp3) is 0.545. The van der Waals surface area contributed by atoms with Gasteiger partial charge in [0.1, 0.15) is 23.7 Å². The van der Waals surface area contributed by atoms with E-state index in [4.69, 9.17) is 9.47 Å². The summed E-state index contributed by atoms with van der Waals surface area (Å²) in [5, 5.41) is 3.75. The zero-order valence-corrected chi connectivity index (χ0v) is 28.3. The summed E-state index contributed by atoms with van der Waals surface area (Å²) in [6.45, 7) is 3.39. The van der Waals surface area contributed by atoms with Crippen molar-refractivity contribution in [2.45, 2.75) is 93.2 Å². The first kappa shape index (κ1) is 36.2. The number of rotatable bonds is 7. The highest BCUT2D eigenvalue weighted by atomic mass is 32.2. The number of amides is 5. The third kappa shape index (κ3) is 7.99. The molecular weight excluding hydrogens is 699 g/mol. The molecular formula is C33H38F3N5O9S. The number of cyclic esters (lactones) is 1. The number of benzene rings is 1. The minimum atomic E-state index is -4.93. The van der Waals surface area contributed by atoms with E-state index in [9.17, 15) is 45.6 Å². The largest absolute Gasteiger partial charge is 0.450 e. The van der Waals surface area contributed by atoms with E-state index in [2.05, 4.69) is 11.9 Å². The van der Waals surface area contributed by atoms with Gasteiger partial charge in [0, 0.05) is 18.9 Å². The van der Waals surface area contributed by atoms with Gasteiger partial charge in [-0.3, -0.25) is 24.0 Å². The second-order valence-corrected chi connectivity index (χ2v) is 15.4. The van der Waals surface area contributed by atoms with E-state index in [0.717, 1.165) is 21.6 Å². The van der Waals surface area contributed by atoms with Gasteiger partial charge in [-0.2, -0.15) is 13.2 Å². The molecule has 2 aliphatic carbocycles. The van der Waals surface area contributed by atoms with Gasteiger partial charge in [-0.1, -0.05) is 36.4 Å². The lowest BCUT2D eigenvalue weighted by Crippen LogP contribution is -2.58. The van der Waals surface area contributed by atoms with E-state index >= 15 is 0 Å². The molecule has 5 atom stereocenters. The highest BCUT2D eigenvalue weighted by Gasteiger charge is 2.62. The summed E-state index contributed by atoms with van der Waals surface area (Å²) in [6, 6.07) is 1.81. The number of carbonyl (C=O) groups is 5. The molecule has 2 saturated carbocycles. The Morgan fingerprint density at radius 3 is 2.61 bits per heavy atom. The van der Waals surface area contributed by atoms with Crippen LogP contribution in [-0.2, 0) is 47.0 Å². The van der Waals surface area contributed by atoms with Gasteiger partial charge in [-0.05, 0) is 48.8 Å². The van der Waals surface area contributed by atoms with Gasteiger partial charge in [-0.15, -0.1) is 6.58 Å². The number of sulfonamides is 1. The number of hydrogen-bond donors (Lipinski definition) is 3. The van der Waals surface area contributed by atoms with Gasteiger partial charge >= 0.3 is 18.4 Å². The maximum absolute atomic E-state index is 13.9. The monoisotopic (exact) mass is 737 g/mol. The normalized spacial score (nSPS) is 29.0. The summed E-state index contributed by atoms with van der Waals surface area (Å²) in [6.07, 6.45) is -3.75. The molecule has 14 nitrogen and oxygen atoms in total. The minimum absolute atomic E-state index is 0.0237. The van der Waals surface area contributed by atoms with E-state index in [0.29, 0.717) is 25.7 Å². The minimum Gasteiger partial charge on any atom is -0.450 e. The molecule has 1 aromatic carbocycles. The Labute approximate surface area is 291 Å². The van der Waals surface area contributed by atoms with Crippen molar-refractivity contribution >= 4 is 46.0 Å². The van der Waals surface area contributed by atoms with Crippen molar-refractivity contribution in [1.82, 2.24) is 25.2 Å². The Hall–Kier alpha value is -4.61. The van der Waals surface area contributed by atoms with Crippen molar-refractivity contribution in [3.8, 4) is 0 Å². The van der Waals surface area contributed by atoms with Crippen molar-refractivity contribution < 1.29 is 55.0 Å². The van der Waals surface area contributed by atoms with Gasteiger partial charge in [0.15, 0.2) is 0 Å². The number of allylic oxidation sites excluding steroid dienone is 1. The summed E-state index contributed by atoms with van der Waals surface area (Å²) < 4.78 is 79.1. The zero-order valence-electron chi connectivity index (χ0n) is 27.4. The van der Waals surface area contributed by atoms with Crippen LogP contribution in [-0.4, -0.2) is 96.4 Å². The molecule has 0 spiro atoms. The average Bonchev–Trinajstić information content (AvgIpc) is 3.95. The molecule has 0 radical (unpaired) electrons. The van der Waals surface area contributed by atoms with Gasteiger partial charge in [0.05, 0.1) is 31.4 Å². The highest BCUT2D eigenvalue weighted by Crippen LogP contribution is 2.45. The van der Waals surface area contributed by atoms with Crippen LogP contribution in [0.3, 0.4) is 0 Å². The van der Waals surface area contributed by atoms with Gasteiger partial charge in [0.2, 0.25) is 21.8 Å². The molecule has 51 heavy (non-hydrogen) atoms. The van der Waals surface area contributed by atoms with Crippen LogP contribution in [0.4, 0.5) is 22.8 Å². The Morgan fingerprint density at radius 2 is 1.92 bits per heavy atom. The lowest BCUT2D eigenvalue weighted by molar-refractivity contribution is -0.155. The fourth-order valence-electron chi connectivity index (χ4n) is 6.74. The van der Waals surface area contributed by atoms with Crippen LogP contribution in [0.15, 0.2) is 36.9 Å². The van der Waals surface area contributed by atoms with E-state index in [1.54, 1.807) is 0 Å². The average molecular weight is 738 g/mol. The topological polar surface area (TPSA) is 181 Å². The quantitative estimate of drug-likeness (QED) is 0.355. The van der Waals surface area contributed by atoms with Gasteiger partial charge < -0.3 is 25.0 Å². The van der Waals surface area contributed by atoms with Crippen LogP contribution in [0.2, 0.25) is 0 Å². The number of nitrogens with zero attached hydrogens (tertiary/aromatic N) is 2. The van der Waals surface area contributed by atoms with Crippen LogP contribution in [0.5, 0.6) is 0 Å². The van der Waals surface area contributed by atoms with E-state index in [1.165, 1.54) is 11.0 Å². The number of fused-ring (bicyclic) bond motifs is 3. The molecule has 18 heteroatoms. The number of hydrogen-bond acceptors (Lipinski definition) is 9.